The number of nitrogens with one attached hydrogen (secondary N) is 1. The van der Waals surface area contributed by atoms with Gasteiger partial charge >= 0.3 is 5.97 Å². The maximum Gasteiger partial charge on any atom is 0.306 e. The van der Waals surface area contributed by atoms with E-state index in [0.717, 1.165) is 24.8 Å². The summed E-state index contributed by atoms with van der Waals surface area (Å²) >= 11 is 0. The van der Waals surface area contributed by atoms with Crippen LogP contribution >= 0.6 is 0 Å². The number of esters is 1. The van der Waals surface area contributed by atoms with E-state index in [0.29, 0.717) is 26.1 Å². The molecule has 1 saturated heterocycles. The third kappa shape index (κ3) is 7.41. The quantitative estimate of drug-likeness (QED) is 0.569. The fourth-order valence-electron chi connectivity index (χ4n) is 3.16. The van der Waals surface area contributed by atoms with Crippen LogP contribution in [0.4, 0.5) is 0 Å². The molecular weight excluding hydrogens is 396 g/mol. The summed E-state index contributed by atoms with van der Waals surface area (Å²) in [5, 5.41) is 2.66. The van der Waals surface area contributed by atoms with Gasteiger partial charge in [0.05, 0.1) is 11.5 Å². The number of nitrogens with zero attached hydrogens (tertiary/aromatic N) is 1. The highest BCUT2D eigenvalue weighted by Crippen LogP contribution is 2.21. The number of amides is 1. The van der Waals surface area contributed by atoms with Gasteiger partial charge < -0.3 is 14.8 Å². The van der Waals surface area contributed by atoms with Crippen LogP contribution in [0, 0.1) is 0 Å². The Morgan fingerprint density at radius 1 is 1.14 bits per heavy atom. The van der Waals surface area contributed by atoms with E-state index in [2.05, 4.69) is 5.32 Å². The number of ether oxygens (including phenoxy) is 2. The molecule has 2 rings (SSSR count). The molecule has 0 aliphatic carbocycles. The van der Waals surface area contributed by atoms with Crippen LogP contribution in [0.2, 0.25) is 0 Å². The highest BCUT2D eigenvalue weighted by atomic mass is 32.2. The Morgan fingerprint density at radius 2 is 1.79 bits per heavy atom. The summed E-state index contributed by atoms with van der Waals surface area (Å²) in [5.74, 6) is -0.861. The topological polar surface area (TPSA) is 102 Å². The molecule has 1 aliphatic heterocycles. The lowest BCUT2D eigenvalue weighted by atomic mass is 10.1. The molecule has 0 saturated carbocycles. The van der Waals surface area contributed by atoms with Crippen molar-refractivity contribution >= 4 is 21.9 Å². The van der Waals surface area contributed by atoms with Crippen molar-refractivity contribution in [3.63, 3.8) is 0 Å². The Morgan fingerprint density at radius 3 is 2.41 bits per heavy atom. The second-order valence-corrected chi connectivity index (χ2v) is 9.13. The number of rotatable bonds is 10. The Balaban J connectivity index is 1.78. The van der Waals surface area contributed by atoms with Crippen LogP contribution < -0.4 is 5.32 Å². The number of hydrogen-bond acceptors (Lipinski definition) is 6. The zero-order valence-electron chi connectivity index (χ0n) is 17.1. The van der Waals surface area contributed by atoms with E-state index in [9.17, 15) is 18.0 Å². The number of piperidine rings is 1. The summed E-state index contributed by atoms with van der Waals surface area (Å²) in [7, 11) is -1.91. The average Bonchev–Trinajstić information content (AvgIpc) is 2.72. The molecule has 1 amide bonds. The second kappa shape index (κ2) is 11.3. The Hall–Kier alpha value is -1.97. The van der Waals surface area contributed by atoms with Gasteiger partial charge in [-0.2, -0.15) is 4.31 Å². The van der Waals surface area contributed by atoms with Crippen LogP contribution in [-0.2, 0) is 35.5 Å². The van der Waals surface area contributed by atoms with Crippen molar-refractivity contribution in [2.75, 3.05) is 33.4 Å². The first-order chi connectivity index (χ1) is 13.8. The van der Waals surface area contributed by atoms with Gasteiger partial charge in [-0.15, -0.1) is 0 Å². The first-order valence-electron chi connectivity index (χ1n) is 9.86. The molecule has 1 fully saturated rings. The molecule has 0 radical (unpaired) electrons. The lowest BCUT2D eigenvalue weighted by Crippen LogP contribution is -2.38. The molecule has 1 aliphatic rings. The smallest absolute Gasteiger partial charge is 0.306 e. The van der Waals surface area contributed by atoms with Crippen LogP contribution in [0.1, 0.15) is 38.2 Å². The number of methoxy groups -OCH3 is 1. The number of carbonyl (C=O) groups is 2. The monoisotopic (exact) mass is 426 g/mol. The minimum atomic E-state index is -3.45. The van der Waals surface area contributed by atoms with Crippen LogP contribution in [0.25, 0.3) is 0 Å². The lowest BCUT2D eigenvalue weighted by molar-refractivity contribution is -0.148. The van der Waals surface area contributed by atoms with E-state index < -0.39 is 16.0 Å². The van der Waals surface area contributed by atoms with Gasteiger partial charge in [-0.25, -0.2) is 8.42 Å². The van der Waals surface area contributed by atoms with Crippen molar-refractivity contribution in [3.8, 4) is 0 Å². The SMILES string of the molecule is COCC(C)NC(=O)COC(=O)CCc1ccc(S(=O)(=O)N2CCCCC2)cc1. The van der Waals surface area contributed by atoms with Gasteiger partial charge in [-0.3, -0.25) is 9.59 Å². The third-order valence-electron chi connectivity index (χ3n) is 4.68. The van der Waals surface area contributed by atoms with Crippen LogP contribution in [0.3, 0.4) is 0 Å². The Kier molecular flexibility index (Phi) is 9.06. The van der Waals surface area contributed by atoms with Crippen molar-refractivity contribution in [1.29, 1.82) is 0 Å². The summed E-state index contributed by atoms with van der Waals surface area (Å²) in [6.45, 7) is 2.96. The standard InChI is InChI=1S/C20H30N2O6S/c1-16(14-27-2)21-19(23)15-28-20(24)11-8-17-6-9-18(10-7-17)29(25,26)22-12-4-3-5-13-22/h6-7,9-10,16H,3-5,8,11-15H2,1-2H3,(H,21,23). The van der Waals surface area contributed by atoms with E-state index in [-0.39, 0.29) is 29.9 Å². The fraction of sp³-hybridized carbons (Fsp3) is 0.600. The molecule has 1 aromatic rings. The normalized spacial score (nSPS) is 16.2. The summed E-state index contributed by atoms with van der Waals surface area (Å²) in [6.07, 6.45) is 3.37. The van der Waals surface area contributed by atoms with Gasteiger partial charge in [-0.1, -0.05) is 18.6 Å². The molecule has 1 aromatic carbocycles. The molecule has 1 unspecified atom stereocenters. The molecule has 1 atom stereocenters. The van der Waals surface area contributed by atoms with Gasteiger partial charge in [0, 0.05) is 32.7 Å². The summed E-state index contributed by atoms with van der Waals surface area (Å²) in [5.41, 5.74) is 0.831. The van der Waals surface area contributed by atoms with Gasteiger partial charge in [-0.05, 0) is 43.9 Å². The number of carbonyl (C=O) groups excluding carboxylic acids is 2. The molecule has 1 heterocycles. The summed E-state index contributed by atoms with van der Waals surface area (Å²) in [6, 6.07) is 6.42. The maximum atomic E-state index is 12.6. The van der Waals surface area contributed by atoms with Gasteiger partial charge in [0.25, 0.3) is 5.91 Å². The van der Waals surface area contributed by atoms with Gasteiger partial charge in [0.1, 0.15) is 0 Å². The van der Waals surface area contributed by atoms with Gasteiger partial charge in [0.15, 0.2) is 6.61 Å². The van der Waals surface area contributed by atoms with E-state index in [1.165, 1.54) is 11.4 Å². The second-order valence-electron chi connectivity index (χ2n) is 7.19. The molecule has 0 spiro atoms. The Bertz CT molecular complexity index is 773. The zero-order chi connectivity index (χ0) is 21.3. The molecule has 0 aromatic heterocycles. The van der Waals surface area contributed by atoms with E-state index >= 15 is 0 Å². The number of aryl methyl sites for hydroxylation is 1. The lowest BCUT2D eigenvalue weighted by Gasteiger charge is -2.25. The van der Waals surface area contributed by atoms with Crippen molar-refractivity contribution < 1.29 is 27.5 Å². The third-order valence-corrected chi connectivity index (χ3v) is 6.60. The van der Waals surface area contributed by atoms with E-state index in [1.807, 2.05) is 0 Å². The van der Waals surface area contributed by atoms with E-state index in [4.69, 9.17) is 9.47 Å². The minimum absolute atomic E-state index is 0.110. The maximum absolute atomic E-state index is 12.6. The Labute approximate surface area is 172 Å². The average molecular weight is 427 g/mol. The van der Waals surface area contributed by atoms with Crippen molar-refractivity contribution in [3.05, 3.63) is 29.8 Å². The molecule has 1 N–H and O–H groups in total. The predicted octanol–water partition coefficient (Wildman–Crippen LogP) is 1.49. The number of benzene rings is 1. The molecular formula is C20H30N2O6S. The molecule has 9 heteroatoms. The van der Waals surface area contributed by atoms with E-state index in [1.54, 1.807) is 31.2 Å². The van der Waals surface area contributed by atoms with Crippen molar-refractivity contribution in [2.24, 2.45) is 0 Å². The highest BCUT2D eigenvalue weighted by Gasteiger charge is 2.25. The number of hydrogen-bond donors (Lipinski definition) is 1. The first kappa shape index (κ1) is 23.3. The molecule has 29 heavy (non-hydrogen) atoms. The van der Waals surface area contributed by atoms with Crippen LogP contribution in [-0.4, -0.2) is 64.1 Å². The summed E-state index contributed by atoms with van der Waals surface area (Å²) in [4.78, 5) is 23.8. The fourth-order valence-corrected chi connectivity index (χ4v) is 4.67. The zero-order valence-corrected chi connectivity index (χ0v) is 17.9. The molecule has 0 bridgehead atoms. The first-order valence-corrected chi connectivity index (χ1v) is 11.3. The van der Waals surface area contributed by atoms with Crippen LogP contribution in [0.15, 0.2) is 29.2 Å². The number of sulfonamides is 1. The summed E-state index contributed by atoms with van der Waals surface area (Å²) < 4.78 is 36.7. The minimum Gasteiger partial charge on any atom is -0.456 e. The molecule has 8 nitrogen and oxygen atoms in total. The highest BCUT2D eigenvalue weighted by molar-refractivity contribution is 7.89. The van der Waals surface area contributed by atoms with Crippen LogP contribution in [0.5, 0.6) is 0 Å². The van der Waals surface area contributed by atoms with Gasteiger partial charge in [0.2, 0.25) is 10.0 Å². The van der Waals surface area contributed by atoms with Crippen molar-refractivity contribution in [1.82, 2.24) is 9.62 Å². The largest absolute Gasteiger partial charge is 0.456 e. The molecule has 162 valence electrons. The van der Waals surface area contributed by atoms with Crippen molar-refractivity contribution in [2.45, 2.75) is 50.0 Å². The predicted molar refractivity (Wildman–Crippen MR) is 108 cm³/mol.